The third-order valence-electron chi connectivity index (χ3n) is 3.54. The number of epoxide rings is 1. The Kier molecular flexibility index (Phi) is 4.61. The molecule has 1 aromatic carbocycles. The van der Waals surface area contributed by atoms with Gasteiger partial charge in [-0.2, -0.15) is 0 Å². The number of hydrogen-bond donors (Lipinski definition) is 0. The number of ether oxygens (including phenoxy) is 3. The second-order valence-corrected chi connectivity index (χ2v) is 5.10. The van der Waals surface area contributed by atoms with Gasteiger partial charge in [0.1, 0.15) is 5.75 Å². The van der Waals surface area contributed by atoms with Gasteiger partial charge >= 0.3 is 0 Å². The smallest absolute Gasteiger partial charge is 0.118 e. The van der Waals surface area contributed by atoms with Crippen LogP contribution in [0.5, 0.6) is 5.75 Å². The van der Waals surface area contributed by atoms with Crippen molar-refractivity contribution < 1.29 is 14.2 Å². The van der Waals surface area contributed by atoms with Gasteiger partial charge in [0.2, 0.25) is 0 Å². The van der Waals surface area contributed by atoms with Gasteiger partial charge in [0, 0.05) is 6.61 Å². The normalized spacial score (nSPS) is 25.1. The largest absolute Gasteiger partial charge is 0.497 e. The van der Waals surface area contributed by atoms with Crippen LogP contribution in [0.3, 0.4) is 0 Å². The topological polar surface area (TPSA) is 31.0 Å². The summed E-state index contributed by atoms with van der Waals surface area (Å²) in [7, 11) is 1.67. The first-order chi connectivity index (χ1) is 9.18. The van der Waals surface area contributed by atoms with Gasteiger partial charge in [0.25, 0.3) is 0 Å². The standard InChI is InChI=1S/C16H22O3/c1-4-10-16(2)15(19-16)9-11-18-12-13-5-7-14(17-3)8-6-13/h4-8,15H,1,9-12H2,2-3H3/t15-,16+/m0/s1. The minimum Gasteiger partial charge on any atom is -0.497 e. The van der Waals surface area contributed by atoms with Crippen molar-refractivity contribution in [1.29, 1.82) is 0 Å². The van der Waals surface area contributed by atoms with Gasteiger partial charge in [-0.25, -0.2) is 0 Å². The van der Waals surface area contributed by atoms with Crippen LogP contribution in [0.15, 0.2) is 36.9 Å². The summed E-state index contributed by atoms with van der Waals surface area (Å²) < 4.78 is 16.4. The summed E-state index contributed by atoms with van der Waals surface area (Å²) in [5.74, 6) is 0.871. The SMILES string of the molecule is C=CC[C@@]1(C)O[C@H]1CCOCc1ccc(OC)cc1. The van der Waals surface area contributed by atoms with E-state index in [4.69, 9.17) is 14.2 Å². The fourth-order valence-electron chi connectivity index (χ4n) is 2.22. The second-order valence-electron chi connectivity index (χ2n) is 5.10. The molecule has 0 aliphatic carbocycles. The minimum absolute atomic E-state index is 0.00518. The molecule has 0 aromatic heterocycles. The van der Waals surface area contributed by atoms with Gasteiger partial charge < -0.3 is 14.2 Å². The molecule has 0 bridgehead atoms. The van der Waals surface area contributed by atoms with E-state index in [1.165, 1.54) is 0 Å². The van der Waals surface area contributed by atoms with Crippen molar-refractivity contribution in [3.05, 3.63) is 42.5 Å². The van der Waals surface area contributed by atoms with Crippen molar-refractivity contribution in [2.24, 2.45) is 0 Å². The third kappa shape index (κ3) is 3.82. The fraction of sp³-hybridized carbons (Fsp3) is 0.500. The van der Waals surface area contributed by atoms with E-state index in [1.54, 1.807) is 7.11 Å². The zero-order valence-electron chi connectivity index (χ0n) is 11.7. The van der Waals surface area contributed by atoms with Crippen LogP contribution in [-0.2, 0) is 16.1 Å². The number of rotatable bonds is 8. The van der Waals surface area contributed by atoms with Gasteiger partial charge in [-0.1, -0.05) is 18.2 Å². The van der Waals surface area contributed by atoms with Crippen LogP contribution in [0, 0.1) is 0 Å². The summed E-state index contributed by atoms with van der Waals surface area (Å²) in [4.78, 5) is 0. The van der Waals surface area contributed by atoms with Crippen molar-refractivity contribution in [3.63, 3.8) is 0 Å². The lowest BCUT2D eigenvalue weighted by molar-refractivity contribution is 0.113. The molecule has 0 spiro atoms. The van der Waals surface area contributed by atoms with Crippen molar-refractivity contribution in [1.82, 2.24) is 0 Å². The van der Waals surface area contributed by atoms with E-state index in [0.29, 0.717) is 12.7 Å². The Hall–Kier alpha value is -1.32. The van der Waals surface area contributed by atoms with Crippen LogP contribution in [0.1, 0.15) is 25.3 Å². The molecule has 1 heterocycles. The van der Waals surface area contributed by atoms with Gasteiger partial charge in [-0.3, -0.25) is 0 Å². The predicted molar refractivity (Wildman–Crippen MR) is 75.4 cm³/mol. The molecule has 3 nitrogen and oxygen atoms in total. The average Bonchev–Trinajstić information content (AvgIpc) is 3.06. The first-order valence-corrected chi connectivity index (χ1v) is 6.67. The number of benzene rings is 1. The molecule has 2 rings (SSSR count). The molecule has 0 saturated carbocycles. The molecule has 1 saturated heterocycles. The first-order valence-electron chi connectivity index (χ1n) is 6.67. The first kappa shape index (κ1) is 14.1. The van der Waals surface area contributed by atoms with Crippen LogP contribution >= 0.6 is 0 Å². The molecule has 0 unspecified atom stereocenters. The van der Waals surface area contributed by atoms with E-state index in [-0.39, 0.29) is 5.60 Å². The van der Waals surface area contributed by atoms with Crippen LogP contribution in [0.2, 0.25) is 0 Å². The maximum atomic E-state index is 5.67. The highest BCUT2D eigenvalue weighted by molar-refractivity contribution is 5.26. The molecule has 3 heteroatoms. The molecule has 1 aliphatic heterocycles. The summed E-state index contributed by atoms with van der Waals surface area (Å²) in [5, 5.41) is 0. The summed E-state index contributed by atoms with van der Waals surface area (Å²) in [6.07, 6.45) is 4.09. The van der Waals surface area contributed by atoms with E-state index in [9.17, 15) is 0 Å². The second kappa shape index (κ2) is 6.22. The Morgan fingerprint density at radius 2 is 2.11 bits per heavy atom. The average molecular weight is 262 g/mol. The van der Waals surface area contributed by atoms with E-state index < -0.39 is 0 Å². The number of hydrogen-bond acceptors (Lipinski definition) is 3. The van der Waals surface area contributed by atoms with Gasteiger partial charge in [-0.05, 0) is 37.5 Å². The molecule has 0 amide bonds. The zero-order valence-corrected chi connectivity index (χ0v) is 11.7. The summed E-state index contributed by atoms with van der Waals surface area (Å²) in [6.45, 7) is 7.24. The zero-order chi connectivity index (χ0) is 13.7. The highest BCUT2D eigenvalue weighted by atomic mass is 16.6. The maximum Gasteiger partial charge on any atom is 0.118 e. The van der Waals surface area contributed by atoms with Gasteiger partial charge in [-0.15, -0.1) is 6.58 Å². The molecule has 19 heavy (non-hydrogen) atoms. The Balaban J connectivity index is 1.63. The summed E-state index contributed by atoms with van der Waals surface area (Å²) in [5.41, 5.74) is 1.16. The van der Waals surface area contributed by atoms with Crippen LogP contribution in [0.4, 0.5) is 0 Å². The summed E-state index contributed by atoms with van der Waals surface area (Å²) in [6, 6.07) is 7.94. The third-order valence-corrected chi connectivity index (χ3v) is 3.54. The van der Waals surface area contributed by atoms with Crippen molar-refractivity contribution >= 4 is 0 Å². The van der Waals surface area contributed by atoms with Crippen LogP contribution in [0.25, 0.3) is 0 Å². The lowest BCUT2D eigenvalue weighted by Crippen LogP contribution is -2.10. The Morgan fingerprint density at radius 1 is 1.37 bits per heavy atom. The van der Waals surface area contributed by atoms with E-state index in [0.717, 1.165) is 30.8 Å². The molecule has 0 N–H and O–H groups in total. The lowest BCUT2D eigenvalue weighted by atomic mass is 10.0. The summed E-state index contributed by atoms with van der Waals surface area (Å²) >= 11 is 0. The molecule has 1 aromatic rings. The van der Waals surface area contributed by atoms with Crippen molar-refractivity contribution in [3.8, 4) is 5.75 Å². The Morgan fingerprint density at radius 3 is 2.74 bits per heavy atom. The molecule has 1 fully saturated rings. The van der Waals surface area contributed by atoms with Gasteiger partial charge in [0.05, 0.1) is 25.4 Å². The molecule has 1 aliphatic rings. The molecular weight excluding hydrogens is 240 g/mol. The Bertz CT molecular complexity index is 413. The molecule has 0 radical (unpaired) electrons. The highest BCUT2D eigenvalue weighted by Crippen LogP contribution is 2.41. The van der Waals surface area contributed by atoms with E-state index in [1.807, 2.05) is 30.3 Å². The van der Waals surface area contributed by atoms with Crippen molar-refractivity contribution in [2.75, 3.05) is 13.7 Å². The lowest BCUT2D eigenvalue weighted by Gasteiger charge is -2.05. The quantitative estimate of drug-likeness (QED) is 0.409. The highest BCUT2D eigenvalue weighted by Gasteiger charge is 2.50. The monoisotopic (exact) mass is 262 g/mol. The molecule has 104 valence electrons. The minimum atomic E-state index is 0.00518. The van der Waals surface area contributed by atoms with E-state index in [2.05, 4.69) is 13.5 Å². The van der Waals surface area contributed by atoms with Crippen LogP contribution < -0.4 is 4.74 Å². The van der Waals surface area contributed by atoms with Crippen molar-refractivity contribution in [2.45, 2.75) is 38.1 Å². The fourth-order valence-corrected chi connectivity index (χ4v) is 2.22. The Labute approximate surface area is 115 Å². The molecule has 2 atom stereocenters. The van der Waals surface area contributed by atoms with Gasteiger partial charge in [0.15, 0.2) is 0 Å². The van der Waals surface area contributed by atoms with Crippen LogP contribution in [-0.4, -0.2) is 25.4 Å². The van der Waals surface area contributed by atoms with E-state index >= 15 is 0 Å². The number of methoxy groups -OCH3 is 1. The predicted octanol–water partition coefficient (Wildman–Crippen LogP) is 3.34. The molecular formula is C16H22O3. The maximum absolute atomic E-state index is 5.67.